The van der Waals surface area contributed by atoms with Crippen LogP contribution < -0.4 is 5.59 Å². The number of hydrogen-bond donors (Lipinski definition) is 0. The zero-order valence-corrected chi connectivity index (χ0v) is 16.4. The fraction of sp³-hybridized carbons (Fsp3) is 0.333. The van der Waals surface area contributed by atoms with E-state index in [0.717, 1.165) is 0 Å². The second-order valence-electron chi connectivity index (χ2n) is 7.51. The Bertz CT molecular complexity index is 1090. The first-order valence-electron chi connectivity index (χ1n) is 8.62. The summed E-state index contributed by atoms with van der Waals surface area (Å²) in [6.07, 6.45) is 2.99. The Hall–Kier alpha value is -2.23. The van der Waals surface area contributed by atoms with E-state index in [-0.39, 0.29) is 10.5 Å². The molecule has 0 bridgehead atoms. The molecule has 1 saturated heterocycles. The first kappa shape index (κ1) is 18.2. The van der Waals surface area contributed by atoms with Gasteiger partial charge in [-0.3, -0.25) is 4.98 Å². The van der Waals surface area contributed by atoms with Gasteiger partial charge in [-0.25, -0.2) is 17.4 Å². The molecule has 0 saturated carbocycles. The molecule has 1 aromatic carbocycles. The van der Waals surface area contributed by atoms with E-state index in [9.17, 15) is 8.42 Å². The van der Waals surface area contributed by atoms with E-state index in [0.29, 0.717) is 11.1 Å². The Kier molecular flexibility index (Phi) is 3.96. The Morgan fingerprint density at radius 3 is 2.19 bits per heavy atom. The molecule has 0 N–H and O–H groups in total. The van der Waals surface area contributed by atoms with E-state index in [1.54, 1.807) is 36.4 Å². The van der Waals surface area contributed by atoms with Crippen LogP contribution >= 0.6 is 0 Å². The highest BCUT2D eigenvalue weighted by Gasteiger charge is 2.53. The van der Waals surface area contributed by atoms with Crippen LogP contribution in [-0.2, 0) is 19.3 Å². The van der Waals surface area contributed by atoms with E-state index in [2.05, 4.69) is 9.97 Å². The molecule has 7 nitrogen and oxygen atoms in total. The standard InChI is InChI=1S/C18H20BN3O4S/c1-17(2)18(3,4)26-19(25-17)15-12-14-16(21-11-10-20-14)22(15)27(23,24)13-8-6-5-7-9-13/h5-12H,1-4H3. The van der Waals surface area contributed by atoms with Crippen LogP contribution in [0.4, 0.5) is 0 Å². The van der Waals surface area contributed by atoms with Crippen molar-refractivity contribution in [3.8, 4) is 0 Å². The largest absolute Gasteiger partial charge is 0.513 e. The summed E-state index contributed by atoms with van der Waals surface area (Å²) in [5.41, 5.74) is -0.154. The van der Waals surface area contributed by atoms with Crippen LogP contribution in [0.25, 0.3) is 11.2 Å². The summed E-state index contributed by atoms with van der Waals surface area (Å²) in [7, 11) is -4.77. The molecular weight excluding hydrogens is 365 g/mol. The minimum absolute atomic E-state index is 0.158. The van der Waals surface area contributed by atoms with Crippen molar-refractivity contribution in [2.75, 3.05) is 0 Å². The second kappa shape index (κ2) is 5.89. The smallest absolute Gasteiger partial charge is 0.398 e. The average molecular weight is 385 g/mol. The molecule has 0 amide bonds. The van der Waals surface area contributed by atoms with E-state index in [1.165, 1.54) is 16.4 Å². The lowest BCUT2D eigenvalue weighted by Gasteiger charge is -2.32. The highest BCUT2D eigenvalue weighted by atomic mass is 32.2. The van der Waals surface area contributed by atoms with Gasteiger partial charge in [-0.2, -0.15) is 0 Å². The van der Waals surface area contributed by atoms with Gasteiger partial charge in [0.1, 0.15) is 5.52 Å². The van der Waals surface area contributed by atoms with Crippen LogP contribution in [0.15, 0.2) is 53.7 Å². The van der Waals surface area contributed by atoms with Gasteiger partial charge >= 0.3 is 7.12 Å². The molecule has 0 aliphatic carbocycles. The molecule has 0 unspecified atom stereocenters. The average Bonchev–Trinajstić information content (AvgIpc) is 3.11. The summed E-state index contributed by atoms with van der Waals surface area (Å²) in [6.45, 7) is 7.68. The summed E-state index contributed by atoms with van der Waals surface area (Å²) in [5, 5.41) is 0. The van der Waals surface area contributed by atoms with Gasteiger partial charge in [-0.05, 0) is 45.9 Å². The Labute approximate surface area is 158 Å². The third-order valence-electron chi connectivity index (χ3n) is 5.19. The summed E-state index contributed by atoms with van der Waals surface area (Å²) in [6, 6.07) is 9.88. The fourth-order valence-corrected chi connectivity index (χ4v) is 4.50. The molecule has 140 valence electrons. The quantitative estimate of drug-likeness (QED) is 0.641. The molecule has 1 fully saturated rings. The van der Waals surface area contributed by atoms with Gasteiger partial charge in [0, 0.05) is 12.4 Å². The minimum atomic E-state index is -3.91. The predicted octanol–water partition coefficient (Wildman–Crippen LogP) is 1.97. The molecule has 2 aromatic heterocycles. The van der Waals surface area contributed by atoms with E-state index < -0.39 is 28.3 Å². The molecule has 1 aliphatic rings. The maximum atomic E-state index is 13.4. The summed E-state index contributed by atoms with van der Waals surface area (Å²) >= 11 is 0. The minimum Gasteiger partial charge on any atom is -0.398 e. The molecule has 9 heteroatoms. The summed E-state index contributed by atoms with van der Waals surface area (Å²) < 4.78 is 40.1. The van der Waals surface area contributed by atoms with Crippen molar-refractivity contribution < 1.29 is 17.7 Å². The van der Waals surface area contributed by atoms with Crippen molar-refractivity contribution >= 4 is 33.9 Å². The highest BCUT2D eigenvalue weighted by molar-refractivity contribution is 7.90. The maximum Gasteiger partial charge on any atom is 0.513 e. The van der Waals surface area contributed by atoms with Crippen molar-refractivity contribution in [2.24, 2.45) is 0 Å². The normalized spacial score (nSPS) is 18.9. The van der Waals surface area contributed by atoms with Gasteiger partial charge in [0.15, 0.2) is 5.65 Å². The Morgan fingerprint density at radius 1 is 0.963 bits per heavy atom. The molecule has 0 radical (unpaired) electrons. The van der Waals surface area contributed by atoms with Crippen LogP contribution in [-0.4, -0.2) is 40.7 Å². The summed E-state index contributed by atoms with van der Waals surface area (Å²) in [4.78, 5) is 8.66. The second-order valence-corrected chi connectivity index (χ2v) is 9.29. The molecule has 0 spiro atoms. The SMILES string of the molecule is CC1(C)OB(c2cc3nccnc3n2S(=O)(=O)c2ccccc2)OC1(C)C. The van der Waals surface area contributed by atoms with Gasteiger partial charge < -0.3 is 9.31 Å². The van der Waals surface area contributed by atoms with Crippen LogP contribution in [0.5, 0.6) is 0 Å². The van der Waals surface area contributed by atoms with Gasteiger partial charge in [-0.1, -0.05) is 18.2 Å². The first-order chi connectivity index (χ1) is 12.6. The highest BCUT2D eigenvalue weighted by Crippen LogP contribution is 2.37. The molecule has 27 heavy (non-hydrogen) atoms. The lowest BCUT2D eigenvalue weighted by molar-refractivity contribution is 0.00578. The number of fused-ring (bicyclic) bond motifs is 1. The van der Waals surface area contributed by atoms with Crippen molar-refractivity contribution in [3.63, 3.8) is 0 Å². The zero-order chi connectivity index (χ0) is 19.4. The van der Waals surface area contributed by atoms with Crippen LogP contribution in [0.3, 0.4) is 0 Å². The number of hydrogen-bond acceptors (Lipinski definition) is 6. The Morgan fingerprint density at radius 2 is 1.56 bits per heavy atom. The maximum absolute atomic E-state index is 13.4. The van der Waals surface area contributed by atoms with Crippen molar-refractivity contribution in [1.29, 1.82) is 0 Å². The number of benzene rings is 1. The Balaban J connectivity index is 1.95. The molecule has 3 aromatic rings. The van der Waals surface area contributed by atoms with Gasteiger partial charge in [0.25, 0.3) is 10.0 Å². The van der Waals surface area contributed by atoms with E-state index >= 15 is 0 Å². The zero-order valence-electron chi connectivity index (χ0n) is 15.6. The van der Waals surface area contributed by atoms with Gasteiger partial charge in [0.05, 0.1) is 21.7 Å². The summed E-state index contributed by atoms with van der Waals surface area (Å²) in [5.74, 6) is 0. The van der Waals surface area contributed by atoms with Crippen LogP contribution in [0.1, 0.15) is 27.7 Å². The van der Waals surface area contributed by atoms with Gasteiger partial charge in [0.2, 0.25) is 0 Å². The first-order valence-corrected chi connectivity index (χ1v) is 10.1. The third kappa shape index (κ3) is 2.77. The lowest BCUT2D eigenvalue weighted by Crippen LogP contribution is -2.41. The molecule has 1 aliphatic heterocycles. The van der Waals surface area contributed by atoms with E-state index in [1.807, 2.05) is 27.7 Å². The number of rotatable bonds is 3. The topological polar surface area (TPSA) is 83.3 Å². The fourth-order valence-electron chi connectivity index (χ4n) is 3.00. The predicted molar refractivity (Wildman–Crippen MR) is 102 cm³/mol. The molecule has 3 heterocycles. The monoisotopic (exact) mass is 385 g/mol. The van der Waals surface area contributed by atoms with Gasteiger partial charge in [-0.15, -0.1) is 0 Å². The van der Waals surface area contributed by atoms with E-state index in [4.69, 9.17) is 9.31 Å². The van der Waals surface area contributed by atoms with Crippen LogP contribution in [0.2, 0.25) is 0 Å². The van der Waals surface area contributed by atoms with Crippen molar-refractivity contribution in [1.82, 2.24) is 13.9 Å². The number of aromatic nitrogens is 3. The third-order valence-corrected chi connectivity index (χ3v) is 6.93. The molecular formula is C18H20BN3O4S. The van der Waals surface area contributed by atoms with Crippen LogP contribution in [0, 0.1) is 0 Å². The number of nitrogens with zero attached hydrogens (tertiary/aromatic N) is 3. The van der Waals surface area contributed by atoms with Crippen molar-refractivity contribution in [2.45, 2.75) is 43.8 Å². The lowest BCUT2D eigenvalue weighted by atomic mass is 9.85. The van der Waals surface area contributed by atoms with Crippen molar-refractivity contribution in [3.05, 3.63) is 48.8 Å². The molecule has 0 atom stereocenters. The molecule has 4 rings (SSSR count).